The van der Waals surface area contributed by atoms with E-state index >= 15 is 0 Å². The van der Waals surface area contributed by atoms with Gasteiger partial charge in [-0.1, -0.05) is 0 Å². The topological polar surface area (TPSA) is 93.5 Å². The summed E-state index contributed by atoms with van der Waals surface area (Å²) in [6.45, 7) is 2.15. The van der Waals surface area contributed by atoms with Crippen LogP contribution < -0.4 is 4.72 Å². The molecule has 0 bridgehead atoms. The Kier molecular flexibility index (Phi) is 4.11. The molecule has 2 rings (SSSR count). The van der Waals surface area contributed by atoms with Crippen LogP contribution in [0.25, 0.3) is 0 Å². The lowest BCUT2D eigenvalue weighted by Crippen LogP contribution is -2.48. The molecule has 1 saturated heterocycles. The van der Waals surface area contributed by atoms with Gasteiger partial charge in [-0.3, -0.25) is 9.48 Å². The third-order valence-electron chi connectivity index (χ3n) is 3.33. The Labute approximate surface area is 117 Å². The number of rotatable bonds is 4. The lowest BCUT2D eigenvalue weighted by molar-refractivity contribution is -0.146. The molecule has 8 nitrogen and oxygen atoms in total. The van der Waals surface area contributed by atoms with Gasteiger partial charge in [-0.05, 0) is 6.92 Å². The predicted octanol–water partition coefficient (Wildman–Crippen LogP) is -1.14. The van der Waals surface area contributed by atoms with Crippen molar-refractivity contribution in [3.8, 4) is 0 Å². The molecule has 0 radical (unpaired) electrons. The number of carbonyl (C=O) groups excluding carboxylic acids is 1. The molecule has 112 valence electrons. The Morgan fingerprint density at radius 1 is 1.50 bits per heavy atom. The largest absolute Gasteiger partial charge is 0.365 e. The predicted molar refractivity (Wildman–Crippen MR) is 70.5 cm³/mol. The van der Waals surface area contributed by atoms with Gasteiger partial charge in [0, 0.05) is 27.2 Å². The van der Waals surface area contributed by atoms with Crippen molar-refractivity contribution >= 4 is 15.9 Å². The highest BCUT2D eigenvalue weighted by Gasteiger charge is 2.26. The number of amides is 1. The smallest absolute Gasteiger partial charge is 0.248 e. The maximum absolute atomic E-state index is 12.2. The van der Waals surface area contributed by atoms with Crippen molar-refractivity contribution in [2.24, 2.45) is 7.05 Å². The molecule has 0 aromatic carbocycles. The second kappa shape index (κ2) is 5.51. The van der Waals surface area contributed by atoms with Crippen LogP contribution in [-0.4, -0.2) is 61.9 Å². The van der Waals surface area contributed by atoms with Crippen LogP contribution in [0.15, 0.2) is 11.1 Å². The molecule has 0 saturated carbocycles. The molecule has 1 aromatic rings. The number of carbonyl (C=O) groups is 1. The Bertz CT molecular complexity index is 610. The van der Waals surface area contributed by atoms with Crippen LogP contribution in [-0.2, 0) is 26.6 Å². The first-order chi connectivity index (χ1) is 9.31. The number of hydrogen-bond donors (Lipinski definition) is 1. The number of aromatic nitrogens is 2. The zero-order chi connectivity index (χ0) is 14.9. The normalized spacial score (nSPS) is 20.4. The third kappa shape index (κ3) is 3.00. The molecule has 1 aliphatic heterocycles. The number of sulfonamides is 1. The minimum atomic E-state index is -3.62. The lowest BCUT2D eigenvalue weighted by Gasteiger charge is -2.29. The summed E-state index contributed by atoms with van der Waals surface area (Å²) in [4.78, 5) is 12.9. The van der Waals surface area contributed by atoms with E-state index < -0.39 is 10.0 Å². The van der Waals surface area contributed by atoms with E-state index in [1.807, 2.05) is 0 Å². The lowest BCUT2D eigenvalue weighted by atomic mass is 10.3. The number of nitrogens with one attached hydrogen (secondary N) is 1. The SMILES string of the molecule is Cc1c(S(=O)(=O)NCC2CN(C)C(=O)CO2)cnn1C. The summed E-state index contributed by atoms with van der Waals surface area (Å²) in [6, 6.07) is 0. The van der Waals surface area contributed by atoms with Gasteiger partial charge in [0.2, 0.25) is 15.9 Å². The quantitative estimate of drug-likeness (QED) is 0.759. The van der Waals surface area contributed by atoms with Crippen LogP contribution in [0.1, 0.15) is 5.69 Å². The molecular formula is C11H18N4O4S. The van der Waals surface area contributed by atoms with E-state index in [1.165, 1.54) is 15.8 Å². The summed E-state index contributed by atoms with van der Waals surface area (Å²) in [5.41, 5.74) is 0.564. The molecule has 9 heteroatoms. The molecule has 1 atom stereocenters. The summed E-state index contributed by atoms with van der Waals surface area (Å²) < 4.78 is 33.6. The van der Waals surface area contributed by atoms with Crippen molar-refractivity contribution in [3.05, 3.63) is 11.9 Å². The number of ether oxygens (including phenoxy) is 1. The molecular weight excluding hydrogens is 284 g/mol. The van der Waals surface area contributed by atoms with E-state index in [4.69, 9.17) is 4.74 Å². The zero-order valence-corrected chi connectivity index (χ0v) is 12.5. The van der Waals surface area contributed by atoms with Gasteiger partial charge in [-0.15, -0.1) is 0 Å². The van der Waals surface area contributed by atoms with Gasteiger partial charge < -0.3 is 9.64 Å². The van der Waals surface area contributed by atoms with Crippen LogP contribution >= 0.6 is 0 Å². The van der Waals surface area contributed by atoms with Gasteiger partial charge in [0.25, 0.3) is 0 Å². The van der Waals surface area contributed by atoms with Gasteiger partial charge in [0.1, 0.15) is 11.5 Å². The Morgan fingerprint density at radius 3 is 2.75 bits per heavy atom. The number of nitrogens with zero attached hydrogens (tertiary/aromatic N) is 3. The van der Waals surface area contributed by atoms with E-state index in [0.717, 1.165) is 0 Å². The number of likely N-dealkylation sites (N-methyl/N-ethyl adjacent to an activating group) is 1. The fourth-order valence-corrected chi connectivity index (χ4v) is 3.17. The first-order valence-electron chi connectivity index (χ1n) is 6.15. The van der Waals surface area contributed by atoms with Crippen molar-refractivity contribution in [1.29, 1.82) is 0 Å². The molecule has 1 aliphatic rings. The second-order valence-electron chi connectivity index (χ2n) is 4.78. The van der Waals surface area contributed by atoms with Crippen molar-refractivity contribution in [3.63, 3.8) is 0 Å². The highest BCUT2D eigenvalue weighted by Crippen LogP contribution is 2.13. The van der Waals surface area contributed by atoms with Gasteiger partial charge in [-0.2, -0.15) is 5.10 Å². The first-order valence-corrected chi connectivity index (χ1v) is 7.63. The average molecular weight is 302 g/mol. The Balaban J connectivity index is 2.00. The van der Waals surface area contributed by atoms with E-state index in [9.17, 15) is 13.2 Å². The van der Waals surface area contributed by atoms with Gasteiger partial charge in [0.05, 0.1) is 18.0 Å². The maximum atomic E-state index is 12.2. The molecule has 20 heavy (non-hydrogen) atoms. The number of morpholine rings is 1. The molecule has 1 amide bonds. The maximum Gasteiger partial charge on any atom is 0.248 e. The van der Waals surface area contributed by atoms with E-state index in [-0.39, 0.29) is 30.1 Å². The van der Waals surface area contributed by atoms with Crippen LogP contribution in [0.5, 0.6) is 0 Å². The van der Waals surface area contributed by atoms with Crippen molar-refractivity contribution in [2.45, 2.75) is 17.9 Å². The summed E-state index contributed by atoms with van der Waals surface area (Å²) in [6.07, 6.45) is 0.971. The first kappa shape index (κ1) is 14.9. The standard InChI is InChI=1S/C11H18N4O4S/c1-8-10(5-12-15(8)3)20(17,18)13-4-9-6-14(2)11(16)7-19-9/h5,9,13H,4,6-7H2,1-3H3. The summed E-state index contributed by atoms with van der Waals surface area (Å²) in [7, 11) is -0.273. The molecule has 1 N–H and O–H groups in total. The highest BCUT2D eigenvalue weighted by atomic mass is 32.2. The fourth-order valence-electron chi connectivity index (χ4n) is 1.91. The van der Waals surface area contributed by atoms with Crippen LogP contribution in [0.2, 0.25) is 0 Å². The van der Waals surface area contributed by atoms with Crippen LogP contribution in [0, 0.1) is 6.92 Å². The summed E-state index contributed by atoms with van der Waals surface area (Å²) >= 11 is 0. The molecule has 1 fully saturated rings. The number of aryl methyl sites for hydroxylation is 1. The molecule has 0 spiro atoms. The van der Waals surface area contributed by atoms with Gasteiger partial charge in [0.15, 0.2) is 0 Å². The van der Waals surface area contributed by atoms with E-state index in [2.05, 4.69) is 9.82 Å². The zero-order valence-electron chi connectivity index (χ0n) is 11.7. The third-order valence-corrected chi connectivity index (χ3v) is 4.85. The second-order valence-corrected chi connectivity index (χ2v) is 6.51. The monoisotopic (exact) mass is 302 g/mol. The van der Waals surface area contributed by atoms with E-state index in [1.54, 1.807) is 21.0 Å². The average Bonchev–Trinajstić information content (AvgIpc) is 2.72. The Hall–Kier alpha value is -1.45. The minimum Gasteiger partial charge on any atom is -0.365 e. The van der Waals surface area contributed by atoms with Gasteiger partial charge >= 0.3 is 0 Å². The minimum absolute atomic E-state index is 0.0190. The molecule has 2 heterocycles. The highest BCUT2D eigenvalue weighted by molar-refractivity contribution is 7.89. The summed E-state index contributed by atoms with van der Waals surface area (Å²) in [5, 5.41) is 3.91. The van der Waals surface area contributed by atoms with E-state index in [0.29, 0.717) is 12.2 Å². The molecule has 0 aliphatic carbocycles. The van der Waals surface area contributed by atoms with Crippen molar-refractivity contribution in [1.82, 2.24) is 19.4 Å². The Morgan fingerprint density at radius 2 is 2.20 bits per heavy atom. The molecule has 1 aromatic heterocycles. The summed E-state index contributed by atoms with van der Waals surface area (Å²) in [5.74, 6) is -0.104. The molecule has 1 unspecified atom stereocenters. The van der Waals surface area contributed by atoms with Crippen molar-refractivity contribution in [2.75, 3.05) is 26.7 Å². The number of hydrogen-bond acceptors (Lipinski definition) is 5. The van der Waals surface area contributed by atoms with Crippen LogP contribution in [0.4, 0.5) is 0 Å². The van der Waals surface area contributed by atoms with Crippen molar-refractivity contribution < 1.29 is 17.9 Å². The van der Waals surface area contributed by atoms with Crippen LogP contribution in [0.3, 0.4) is 0 Å². The fraction of sp³-hybridized carbons (Fsp3) is 0.636. The van der Waals surface area contributed by atoms with Gasteiger partial charge in [-0.25, -0.2) is 13.1 Å².